The second-order valence-electron chi connectivity index (χ2n) is 2.15. The number of aliphatic hydroxyl groups excluding tert-OH is 1. The van der Waals surface area contributed by atoms with Gasteiger partial charge in [-0.2, -0.15) is 13.2 Å². The molecule has 0 aliphatic carbocycles. The summed E-state index contributed by atoms with van der Waals surface area (Å²) < 4.78 is 39.5. The normalized spacial score (nSPS) is 12.0. The number of halogens is 3. The number of hydrogen-bond acceptors (Lipinski definition) is 3. The standard InChI is InChI=1S/C6H6F3NO2/c7-6(8,9)5-3-4(1-2-11)10-12-5/h3,11H,1-2H2. The molecule has 0 saturated heterocycles. The third-order valence-electron chi connectivity index (χ3n) is 1.21. The summed E-state index contributed by atoms with van der Waals surface area (Å²) in [6.45, 7) is -0.246. The lowest BCUT2D eigenvalue weighted by atomic mass is 10.3. The minimum absolute atomic E-state index is 0.0690. The average Bonchev–Trinajstić information content (AvgIpc) is 2.35. The maximum Gasteiger partial charge on any atom is 0.452 e. The largest absolute Gasteiger partial charge is 0.452 e. The zero-order chi connectivity index (χ0) is 9.19. The summed E-state index contributed by atoms with van der Waals surface area (Å²) in [6, 6.07) is 0.774. The van der Waals surface area contributed by atoms with Crippen molar-refractivity contribution in [1.82, 2.24) is 5.16 Å². The van der Waals surface area contributed by atoms with Gasteiger partial charge in [0.2, 0.25) is 5.76 Å². The summed E-state index contributed by atoms with van der Waals surface area (Å²) in [5, 5.41) is 11.5. The van der Waals surface area contributed by atoms with Crippen molar-refractivity contribution in [3.63, 3.8) is 0 Å². The Balaban J connectivity index is 2.77. The van der Waals surface area contributed by atoms with Crippen LogP contribution in [-0.2, 0) is 12.6 Å². The molecule has 0 aliphatic rings. The van der Waals surface area contributed by atoms with Gasteiger partial charge in [0.15, 0.2) is 0 Å². The fraction of sp³-hybridized carbons (Fsp3) is 0.500. The van der Waals surface area contributed by atoms with Gasteiger partial charge in [0.25, 0.3) is 0 Å². The van der Waals surface area contributed by atoms with Gasteiger partial charge >= 0.3 is 6.18 Å². The quantitative estimate of drug-likeness (QED) is 0.746. The molecule has 0 fully saturated rings. The molecule has 0 radical (unpaired) electrons. The van der Waals surface area contributed by atoms with Gasteiger partial charge in [-0.15, -0.1) is 0 Å². The lowest BCUT2D eigenvalue weighted by Gasteiger charge is -1.97. The van der Waals surface area contributed by atoms with Crippen LogP contribution in [0.1, 0.15) is 11.5 Å². The lowest BCUT2D eigenvalue weighted by molar-refractivity contribution is -0.155. The van der Waals surface area contributed by atoms with Crippen LogP contribution in [0.4, 0.5) is 13.2 Å². The van der Waals surface area contributed by atoms with E-state index in [0.717, 1.165) is 6.07 Å². The van der Waals surface area contributed by atoms with E-state index in [1.165, 1.54) is 0 Å². The Morgan fingerprint density at radius 1 is 1.50 bits per heavy atom. The lowest BCUT2D eigenvalue weighted by Crippen LogP contribution is -2.02. The molecule has 68 valence electrons. The van der Waals surface area contributed by atoms with E-state index in [2.05, 4.69) is 9.68 Å². The molecular formula is C6H6F3NO2. The zero-order valence-electron chi connectivity index (χ0n) is 5.93. The second kappa shape index (κ2) is 3.14. The highest BCUT2D eigenvalue weighted by Gasteiger charge is 2.35. The SMILES string of the molecule is OCCc1cc(C(F)(F)F)on1. The highest BCUT2D eigenvalue weighted by molar-refractivity contribution is 5.08. The zero-order valence-corrected chi connectivity index (χ0v) is 5.93. The predicted octanol–water partition coefficient (Wildman–Crippen LogP) is 1.23. The van der Waals surface area contributed by atoms with Crippen molar-refractivity contribution in [2.24, 2.45) is 0 Å². The van der Waals surface area contributed by atoms with E-state index in [0.29, 0.717) is 0 Å². The van der Waals surface area contributed by atoms with Gasteiger partial charge in [-0.25, -0.2) is 0 Å². The molecule has 0 aromatic carbocycles. The number of nitrogens with zero attached hydrogens (tertiary/aromatic N) is 1. The maximum absolute atomic E-state index is 11.8. The summed E-state index contributed by atoms with van der Waals surface area (Å²) in [5.41, 5.74) is 0.102. The number of rotatable bonds is 2. The Morgan fingerprint density at radius 3 is 2.58 bits per heavy atom. The van der Waals surface area contributed by atoms with Crippen molar-refractivity contribution in [3.05, 3.63) is 17.5 Å². The molecule has 0 bridgehead atoms. The van der Waals surface area contributed by atoms with Crippen molar-refractivity contribution in [3.8, 4) is 0 Å². The molecule has 1 N–H and O–H groups in total. The minimum atomic E-state index is -4.50. The van der Waals surface area contributed by atoms with Crippen molar-refractivity contribution in [1.29, 1.82) is 0 Å². The Bertz CT molecular complexity index is 256. The molecule has 3 nitrogen and oxygen atoms in total. The van der Waals surface area contributed by atoms with Gasteiger partial charge in [-0.1, -0.05) is 5.16 Å². The predicted molar refractivity (Wildman–Crippen MR) is 32.3 cm³/mol. The minimum Gasteiger partial charge on any atom is -0.396 e. The third-order valence-corrected chi connectivity index (χ3v) is 1.21. The van der Waals surface area contributed by atoms with Crippen LogP contribution >= 0.6 is 0 Å². The van der Waals surface area contributed by atoms with E-state index >= 15 is 0 Å². The van der Waals surface area contributed by atoms with E-state index in [9.17, 15) is 13.2 Å². The maximum atomic E-state index is 11.8. The summed E-state index contributed by atoms with van der Waals surface area (Å²) in [6.07, 6.45) is -4.43. The van der Waals surface area contributed by atoms with Gasteiger partial charge < -0.3 is 9.63 Å². The highest BCUT2D eigenvalue weighted by Crippen LogP contribution is 2.29. The molecule has 0 unspecified atom stereocenters. The van der Waals surface area contributed by atoms with Crippen molar-refractivity contribution < 1.29 is 22.8 Å². The summed E-state index contributed by atoms with van der Waals surface area (Å²) >= 11 is 0. The first-order valence-corrected chi connectivity index (χ1v) is 3.17. The molecule has 1 aromatic heterocycles. The van der Waals surface area contributed by atoms with Crippen molar-refractivity contribution in [2.75, 3.05) is 6.61 Å². The van der Waals surface area contributed by atoms with Gasteiger partial charge in [0, 0.05) is 19.1 Å². The third kappa shape index (κ3) is 1.97. The first-order chi connectivity index (χ1) is 5.54. The van der Waals surface area contributed by atoms with E-state index in [1.807, 2.05) is 0 Å². The molecule has 0 amide bonds. The van der Waals surface area contributed by atoms with Gasteiger partial charge in [-0.05, 0) is 0 Å². The number of aromatic nitrogens is 1. The molecule has 1 rings (SSSR count). The van der Waals surface area contributed by atoms with Crippen LogP contribution in [0.15, 0.2) is 10.6 Å². The fourth-order valence-corrected chi connectivity index (χ4v) is 0.678. The van der Waals surface area contributed by atoms with Crippen LogP contribution in [0.2, 0.25) is 0 Å². The Kier molecular flexibility index (Phi) is 2.37. The van der Waals surface area contributed by atoms with Gasteiger partial charge in [0.1, 0.15) is 0 Å². The average molecular weight is 181 g/mol. The molecule has 0 atom stereocenters. The number of alkyl halides is 3. The monoisotopic (exact) mass is 181 g/mol. The van der Waals surface area contributed by atoms with Crippen LogP contribution in [0.25, 0.3) is 0 Å². The molecule has 1 aromatic rings. The topological polar surface area (TPSA) is 46.3 Å². The molecule has 1 heterocycles. The van der Waals surface area contributed by atoms with Crippen LogP contribution in [0.3, 0.4) is 0 Å². The van der Waals surface area contributed by atoms with Crippen LogP contribution in [-0.4, -0.2) is 16.9 Å². The van der Waals surface area contributed by atoms with Crippen LogP contribution in [0, 0.1) is 0 Å². The smallest absolute Gasteiger partial charge is 0.396 e. The number of aliphatic hydroxyl groups is 1. The molecule has 0 aliphatic heterocycles. The molecule has 0 spiro atoms. The van der Waals surface area contributed by atoms with E-state index in [1.54, 1.807) is 0 Å². The number of hydrogen-bond donors (Lipinski definition) is 1. The molecular weight excluding hydrogens is 175 g/mol. The molecule has 6 heteroatoms. The van der Waals surface area contributed by atoms with E-state index < -0.39 is 11.9 Å². The highest BCUT2D eigenvalue weighted by atomic mass is 19.4. The van der Waals surface area contributed by atoms with Crippen molar-refractivity contribution in [2.45, 2.75) is 12.6 Å². The summed E-state index contributed by atoms with van der Waals surface area (Å²) in [4.78, 5) is 0. The summed E-state index contributed by atoms with van der Waals surface area (Å²) in [5.74, 6) is -1.13. The first-order valence-electron chi connectivity index (χ1n) is 3.17. The Labute approximate surface area is 65.8 Å². The molecule has 0 saturated carbocycles. The first kappa shape index (κ1) is 9.05. The second-order valence-corrected chi connectivity index (χ2v) is 2.15. The van der Waals surface area contributed by atoms with E-state index in [4.69, 9.17) is 5.11 Å². The van der Waals surface area contributed by atoms with Crippen molar-refractivity contribution >= 4 is 0 Å². The molecule has 12 heavy (non-hydrogen) atoms. The van der Waals surface area contributed by atoms with E-state index in [-0.39, 0.29) is 18.7 Å². The Hall–Kier alpha value is -1.04. The van der Waals surface area contributed by atoms with Crippen LogP contribution in [0.5, 0.6) is 0 Å². The van der Waals surface area contributed by atoms with Gasteiger partial charge in [-0.3, -0.25) is 0 Å². The summed E-state index contributed by atoms with van der Waals surface area (Å²) in [7, 11) is 0. The van der Waals surface area contributed by atoms with Crippen LogP contribution < -0.4 is 0 Å². The Morgan fingerprint density at radius 2 is 2.17 bits per heavy atom. The van der Waals surface area contributed by atoms with Gasteiger partial charge in [0.05, 0.1) is 5.69 Å². The fourth-order valence-electron chi connectivity index (χ4n) is 0.678.